The third-order valence-electron chi connectivity index (χ3n) is 2.29. The second-order valence-electron chi connectivity index (χ2n) is 3.67. The number of carbonyl (C=O) groups excluding carboxylic acids is 1. The Morgan fingerprint density at radius 1 is 1.32 bits per heavy atom. The van der Waals surface area contributed by atoms with Crippen molar-refractivity contribution in [2.75, 3.05) is 5.32 Å². The van der Waals surface area contributed by atoms with Crippen LogP contribution >= 0.6 is 0 Å². The Balaban J connectivity index is 3.27. The molecule has 0 saturated heterocycles. The minimum absolute atomic E-state index is 0.398. The van der Waals surface area contributed by atoms with E-state index >= 15 is 0 Å². The summed E-state index contributed by atoms with van der Waals surface area (Å²) < 4.78 is 38.3. The third kappa shape index (κ3) is 2.72. The number of halogens is 3. The molecule has 1 heterocycles. The molecule has 0 bridgehead atoms. The lowest BCUT2D eigenvalue weighted by molar-refractivity contribution is -0.193. The Kier molecular flexibility index (Phi) is 3.63. The fourth-order valence-corrected chi connectivity index (χ4v) is 1.09. The predicted molar refractivity (Wildman–Crippen MR) is 56.3 cm³/mol. The Labute approximate surface area is 104 Å². The van der Waals surface area contributed by atoms with Crippen LogP contribution in [0.3, 0.4) is 0 Å². The van der Waals surface area contributed by atoms with Crippen LogP contribution in [0.5, 0.6) is 0 Å². The standard InChI is InChI=1S/C9H9F3N4O3/c1-8(7(18)19,9(10,11)12)16-6-4(5(13)17)14-2-3-15-6/h2-3H,1H3,(H2,13,17)(H,15,16)(H,18,19). The molecular formula is C9H9F3N4O3. The smallest absolute Gasteiger partial charge is 0.422 e. The summed E-state index contributed by atoms with van der Waals surface area (Å²) in [5.41, 5.74) is 0.998. The Bertz CT molecular complexity index is 520. The highest BCUT2D eigenvalue weighted by atomic mass is 19.4. The predicted octanol–water partition coefficient (Wildman–Crippen LogP) is 0.393. The first kappa shape index (κ1) is 14.7. The van der Waals surface area contributed by atoms with E-state index in [1.54, 1.807) is 5.32 Å². The van der Waals surface area contributed by atoms with Crippen LogP contribution < -0.4 is 11.1 Å². The van der Waals surface area contributed by atoms with Gasteiger partial charge in [0.05, 0.1) is 0 Å². The number of hydrogen-bond donors (Lipinski definition) is 3. The van der Waals surface area contributed by atoms with Crippen molar-refractivity contribution in [1.82, 2.24) is 9.97 Å². The van der Waals surface area contributed by atoms with E-state index in [9.17, 15) is 22.8 Å². The number of aromatic nitrogens is 2. The summed E-state index contributed by atoms with van der Waals surface area (Å²) in [5.74, 6) is -3.97. The highest BCUT2D eigenvalue weighted by molar-refractivity contribution is 5.96. The Hall–Kier alpha value is -2.39. The van der Waals surface area contributed by atoms with Crippen molar-refractivity contribution >= 4 is 17.7 Å². The summed E-state index contributed by atoms with van der Waals surface area (Å²) >= 11 is 0. The number of amides is 1. The molecule has 0 fully saturated rings. The van der Waals surface area contributed by atoms with Gasteiger partial charge in [0.2, 0.25) is 5.54 Å². The van der Waals surface area contributed by atoms with E-state index in [4.69, 9.17) is 10.8 Å². The number of anilines is 1. The maximum absolute atomic E-state index is 12.8. The SMILES string of the molecule is CC(Nc1nccnc1C(N)=O)(C(=O)O)C(F)(F)F. The van der Waals surface area contributed by atoms with E-state index in [1.165, 1.54) is 0 Å². The molecule has 4 N–H and O–H groups in total. The quantitative estimate of drug-likeness (QED) is 0.733. The Morgan fingerprint density at radius 2 is 1.84 bits per heavy atom. The lowest BCUT2D eigenvalue weighted by atomic mass is 10.0. The van der Waals surface area contributed by atoms with E-state index in [-0.39, 0.29) is 0 Å². The van der Waals surface area contributed by atoms with Crippen molar-refractivity contribution in [1.29, 1.82) is 0 Å². The summed E-state index contributed by atoms with van der Waals surface area (Å²) in [5, 5.41) is 10.4. The number of hydrogen-bond acceptors (Lipinski definition) is 5. The van der Waals surface area contributed by atoms with Gasteiger partial charge >= 0.3 is 12.1 Å². The van der Waals surface area contributed by atoms with Crippen LogP contribution in [0.1, 0.15) is 17.4 Å². The van der Waals surface area contributed by atoms with Crippen LogP contribution in [-0.2, 0) is 4.79 Å². The molecule has 104 valence electrons. The molecule has 1 atom stereocenters. The number of nitrogens with one attached hydrogen (secondary N) is 1. The molecule has 0 aliphatic heterocycles. The number of primary amides is 1. The monoisotopic (exact) mass is 278 g/mol. The van der Waals surface area contributed by atoms with E-state index < -0.39 is 35.1 Å². The minimum atomic E-state index is -5.12. The molecule has 0 saturated carbocycles. The van der Waals surface area contributed by atoms with Gasteiger partial charge < -0.3 is 16.2 Å². The van der Waals surface area contributed by atoms with E-state index in [1.807, 2.05) is 0 Å². The largest absolute Gasteiger partial charge is 0.479 e. The van der Waals surface area contributed by atoms with Crippen molar-refractivity contribution in [3.8, 4) is 0 Å². The number of aliphatic carboxylic acids is 1. The summed E-state index contributed by atoms with van der Waals surface area (Å²) in [6.07, 6.45) is -3.09. The second-order valence-corrected chi connectivity index (χ2v) is 3.67. The van der Waals surface area contributed by atoms with Crippen LogP contribution in [0.25, 0.3) is 0 Å². The molecule has 1 rings (SSSR count). The van der Waals surface area contributed by atoms with Crippen LogP contribution in [0.15, 0.2) is 12.4 Å². The van der Waals surface area contributed by atoms with Gasteiger partial charge in [-0.3, -0.25) is 4.79 Å². The van der Waals surface area contributed by atoms with Gasteiger partial charge in [0, 0.05) is 12.4 Å². The maximum Gasteiger partial charge on any atom is 0.422 e. The number of rotatable bonds is 4. The summed E-state index contributed by atoms with van der Waals surface area (Å²) in [7, 11) is 0. The maximum atomic E-state index is 12.8. The first-order chi connectivity index (χ1) is 8.59. The van der Waals surface area contributed by atoms with Crippen LogP contribution in [0, 0.1) is 0 Å². The molecule has 10 heteroatoms. The number of carbonyl (C=O) groups is 2. The summed E-state index contributed by atoms with van der Waals surface area (Å²) in [6.45, 7) is 0.398. The molecule has 1 aromatic heterocycles. The molecule has 0 radical (unpaired) electrons. The van der Waals surface area contributed by atoms with Gasteiger partial charge in [0.25, 0.3) is 5.91 Å². The van der Waals surface area contributed by atoms with Crippen LogP contribution in [0.4, 0.5) is 19.0 Å². The average molecular weight is 278 g/mol. The second kappa shape index (κ2) is 4.71. The lowest BCUT2D eigenvalue weighted by Gasteiger charge is -2.29. The number of alkyl halides is 3. The first-order valence-corrected chi connectivity index (χ1v) is 4.78. The van der Waals surface area contributed by atoms with Gasteiger partial charge in [0.15, 0.2) is 11.5 Å². The zero-order valence-electron chi connectivity index (χ0n) is 9.52. The van der Waals surface area contributed by atoms with Crippen molar-refractivity contribution in [2.45, 2.75) is 18.6 Å². The molecule has 0 aliphatic rings. The molecule has 0 aliphatic carbocycles. The first-order valence-electron chi connectivity index (χ1n) is 4.78. The van der Waals surface area contributed by atoms with Crippen molar-refractivity contribution in [3.05, 3.63) is 18.1 Å². The fraction of sp³-hybridized carbons (Fsp3) is 0.333. The molecule has 19 heavy (non-hydrogen) atoms. The normalized spacial score (nSPS) is 14.5. The molecule has 1 unspecified atom stereocenters. The molecule has 1 amide bonds. The molecule has 0 aromatic carbocycles. The van der Waals surface area contributed by atoms with Crippen molar-refractivity contribution in [3.63, 3.8) is 0 Å². The van der Waals surface area contributed by atoms with Crippen LogP contribution in [-0.4, -0.2) is 38.7 Å². The molecular weight excluding hydrogens is 269 g/mol. The number of carboxylic acids is 1. The molecule has 7 nitrogen and oxygen atoms in total. The third-order valence-corrected chi connectivity index (χ3v) is 2.29. The minimum Gasteiger partial charge on any atom is -0.479 e. The van der Waals surface area contributed by atoms with E-state index in [0.29, 0.717) is 6.92 Å². The van der Waals surface area contributed by atoms with E-state index in [2.05, 4.69) is 9.97 Å². The molecule has 1 aromatic rings. The fourth-order valence-electron chi connectivity index (χ4n) is 1.09. The Morgan fingerprint density at radius 3 is 2.26 bits per heavy atom. The number of nitrogens with two attached hydrogens (primary N) is 1. The summed E-state index contributed by atoms with van der Waals surface area (Å²) in [6, 6.07) is 0. The highest BCUT2D eigenvalue weighted by Crippen LogP contribution is 2.33. The van der Waals surface area contributed by atoms with Gasteiger partial charge in [-0.1, -0.05) is 0 Å². The number of nitrogens with zero attached hydrogens (tertiary/aromatic N) is 2. The van der Waals surface area contributed by atoms with Gasteiger partial charge in [-0.2, -0.15) is 13.2 Å². The summed E-state index contributed by atoms with van der Waals surface area (Å²) in [4.78, 5) is 28.7. The van der Waals surface area contributed by atoms with Crippen LogP contribution in [0.2, 0.25) is 0 Å². The van der Waals surface area contributed by atoms with Gasteiger partial charge in [-0.15, -0.1) is 0 Å². The lowest BCUT2D eigenvalue weighted by Crippen LogP contribution is -2.56. The number of carboxylic acid groups (broad SMARTS) is 1. The highest BCUT2D eigenvalue weighted by Gasteiger charge is 2.58. The van der Waals surface area contributed by atoms with Gasteiger partial charge in [-0.25, -0.2) is 14.8 Å². The van der Waals surface area contributed by atoms with Gasteiger partial charge in [0.1, 0.15) is 0 Å². The van der Waals surface area contributed by atoms with Crippen molar-refractivity contribution < 1.29 is 27.9 Å². The zero-order chi connectivity index (χ0) is 14.8. The average Bonchev–Trinajstić information content (AvgIpc) is 2.27. The van der Waals surface area contributed by atoms with Gasteiger partial charge in [-0.05, 0) is 6.92 Å². The topological polar surface area (TPSA) is 118 Å². The molecule has 0 spiro atoms. The van der Waals surface area contributed by atoms with E-state index in [0.717, 1.165) is 12.4 Å². The zero-order valence-corrected chi connectivity index (χ0v) is 9.52. The van der Waals surface area contributed by atoms with Crippen molar-refractivity contribution in [2.24, 2.45) is 5.73 Å².